The SMILES string of the molecule is C=CC[C@@]1(C)C[C@H](c2cccc(Cl)c2)C(c2ccc(Cl)cc2)N([C@@H](CC)C[C@H](O)C(F)(F)F)C1=O. The van der Waals surface area contributed by atoms with E-state index >= 15 is 0 Å². The lowest BCUT2D eigenvalue weighted by molar-refractivity contribution is -0.211. The molecule has 1 saturated heterocycles. The second-order valence-electron chi connectivity index (χ2n) is 9.48. The molecule has 1 unspecified atom stereocenters. The van der Waals surface area contributed by atoms with Crippen molar-refractivity contribution in [2.75, 3.05) is 0 Å². The number of allylic oxidation sites excluding steroid dienone is 1. The number of likely N-dealkylation sites (tertiary alicyclic amines) is 1. The summed E-state index contributed by atoms with van der Waals surface area (Å²) < 4.78 is 40.0. The minimum Gasteiger partial charge on any atom is -0.384 e. The molecule has 1 aliphatic rings. The predicted octanol–water partition coefficient (Wildman–Crippen LogP) is 7.72. The zero-order valence-corrected chi connectivity index (χ0v) is 21.2. The van der Waals surface area contributed by atoms with Gasteiger partial charge in [-0.3, -0.25) is 4.79 Å². The number of alkyl halides is 3. The maximum Gasteiger partial charge on any atom is 0.414 e. The van der Waals surface area contributed by atoms with Gasteiger partial charge < -0.3 is 10.0 Å². The zero-order valence-electron chi connectivity index (χ0n) is 19.7. The predicted molar refractivity (Wildman–Crippen MR) is 134 cm³/mol. The summed E-state index contributed by atoms with van der Waals surface area (Å²) in [5.74, 6) is -0.508. The molecule has 0 aliphatic carbocycles. The van der Waals surface area contributed by atoms with E-state index in [9.17, 15) is 23.1 Å². The van der Waals surface area contributed by atoms with E-state index in [1.54, 1.807) is 48.2 Å². The van der Waals surface area contributed by atoms with E-state index < -0.39 is 36.2 Å². The van der Waals surface area contributed by atoms with Crippen LogP contribution in [0.5, 0.6) is 0 Å². The van der Waals surface area contributed by atoms with Crippen molar-refractivity contribution in [1.82, 2.24) is 4.90 Å². The maximum absolute atomic E-state index is 14.0. The molecule has 3 rings (SSSR count). The smallest absolute Gasteiger partial charge is 0.384 e. The molecule has 1 heterocycles. The Morgan fingerprint density at radius 1 is 1.17 bits per heavy atom. The lowest BCUT2D eigenvalue weighted by Gasteiger charge is -2.52. The summed E-state index contributed by atoms with van der Waals surface area (Å²) in [6.45, 7) is 7.36. The second kappa shape index (κ2) is 10.9. The Hall–Kier alpha value is -2.02. The number of carbonyl (C=O) groups is 1. The highest BCUT2D eigenvalue weighted by molar-refractivity contribution is 6.30. The molecule has 1 N–H and O–H groups in total. The standard InChI is InChI=1S/C27H30Cl2F3NO2/c1-4-13-26(3)16-22(18-7-6-8-20(29)14-18)24(17-9-11-19(28)12-10-17)33(25(26)35)21(5-2)15-23(34)27(30,31)32/h4,6-12,14,21-24,34H,1,5,13,15-16H2,2-3H3/t21-,22+,23-,24?,26-/m0/s1. The summed E-state index contributed by atoms with van der Waals surface area (Å²) in [6.07, 6.45) is -5.19. The Morgan fingerprint density at radius 2 is 1.83 bits per heavy atom. The third kappa shape index (κ3) is 6.04. The molecule has 8 heteroatoms. The van der Waals surface area contributed by atoms with Crippen LogP contribution in [0.3, 0.4) is 0 Å². The van der Waals surface area contributed by atoms with E-state index in [0.717, 1.165) is 11.1 Å². The number of rotatable bonds is 8. The minimum atomic E-state index is -4.78. The molecule has 0 saturated carbocycles. The highest BCUT2D eigenvalue weighted by atomic mass is 35.5. The van der Waals surface area contributed by atoms with Gasteiger partial charge in [-0.25, -0.2) is 0 Å². The summed E-state index contributed by atoms with van der Waals surface area (Å²) in [5.41, 5.74) is 0.763. The minimum absolute atomic E-state index is 0.245. The molecular formula is C27H30Cl2F3NO2. The van der Waals surface area contributed by atoms with Gasteiger partial charge in [-0.1, -0.05) is 67.4 Å². The number of benzene rings is 2. The highest BCUT2D eigenvalue weighted by Crippen LogP contribution is 2.52. The number of nitrogens with zero attached hydrogens (tertiary/aromatic N) is 1. The number of aliphatic hydroxyl groups excluding tert-OH is 1. The number of hydrogen-bond donors (Lipinski definition) is 1. The lowest BCUT2D eigenvalue weighted by Crippen LogP contribution is -2.56. The van der Waals surface area contributed by atoms with Crippen molar-refractivity contribution in [3.05, 3.63) is 82.4 Å². The van der Waals surface area contributed by atoms with Gasteiger partial charge in [0, 0.05) is 28.4 Å². The average Bonchev–Trinajstić information content (AvgIpc) is 2.79. The van der Waals surface area contributed by atoms with Crippen molar-refractivity contribution >= 4 is 29.1 Å². The number of amides is 1. The average molecular weight is 528 g/mol. The second-order valence-corrected chi connectivity index (χ2v) is 10.4. The Morgan fingerprint density at radius 3 is 2.37 bits per heavy atom. The third-order valence-electron chi connectivity index (χ3n) is 6.92. The van der Waals surface area contributed by atoms with E-state index in [0.29, 0.717) is 22.9 Å². The molecular weight excluding hydrogens is 498 g/mol. The van der Waals surface area contributed by atoms with E-state index in [1.165, 1.54) is 0 Å². The van der Waals surface area contributed by atoms with E-state index in [-0.39, 0.29) is 18.2 Å². The van der Waals surface area contributed by atoms with Crippen molar-refractivity contribution in [2.45, 2.75) is 69.8 Å². The zero-order chi connectivity index (χ0) is 26.0. The fourth-order valence-electron chi connectivity index (χ4n) is 5.16. The van der Waals surface area contributed by atoms with Gasteiger partial charge in [-0.2, -0.15) is 13.2 Å². The topological polar surface area (TPSA) is 40.5 Å². The van der Waals surface area contributed by atoms with E-state index in [4.69, 9.17) is 23.2 Å². The fourth-order valence-corrected chi connectivity index (χ4v) is 5.48. The molecule has 35 heavy (non-hydrogen) atoms. The third-order valence-corrected chi connectivity index (χ3v) is 7.41. The van der Waals surface area contributed by atoms with E-state index in [1.807, 2.05) is 25.1 Å². The Balaban J connectivity index is 2.21. The van der Waals surface area contributed by atoms with Crippen LogP contribution in [-0.2, 0) is 4.79 Å². The Kier molecular flexibility index (Phi) is 8.61. The first-order chi connectivity index (χ1) is 16.4. The number of carbonyl (C=O) groups excluding carboxylic acids is 1. The molecule has 1 fully saturated rings. The van der Waals surface area contributed by atoms with Gasteiger partial charge in [0.1, 0.15) is 0 Å². The highest BCUT2D eigenvalue weighted by Gasteiger charge is 2.52. The van der Waals surface area contributed by atoms with Gasteiger partial charge in [0.05, 0.1) is 11.5 Å². The number of piperidine rings is 1. The van der Waals surface area contributed by atoms with Crippen LogP contribution in [-0.4, -0.2) is 34.2 Å². The Bertz CT molecular complexity index is 1040. The van der Waals surface area contributed by atoms with Crippen LogP contribution in [0.25, 0.3) is 0 Å². The molecule has 0 bridgehead atoms. The first kappa shape index (κ1) is 27.6. The van der Waals surface area contributed by atoms with Crippen molar-refractivity contribution in [3.63, 3.8) is 0 Å². The van der Waals surface area contributed by atoms with Gasteiger partial charge in [0.15, 0.2) is 6.10 Å². The lowest BCUT2D eigenvalue weighted by atomic mass is 9.67. The molecule has 0 radical (unpaired) electrons. The summed E-state index contributed by atoms with van der Waals surface area (Å²) >= 11 is 12.4. The van der Waals surface area contributed by atoms with Crippen LogP contribution in [0, 0.1) is 5.41 Å². The van der Waals surface area contributed by atoms with Crippen LogP contribution in [0.4, 0.5) is 13.2 Å². The molecule has 0 aromatic heterocycles. The number of halogens is 5. The summed E-state index contributed by atoms with van der Waals surface area (Å²) in [4.78, 5) is 15.6. The first-order valence-electron chi connectivity index (χ1n) is 11.6. The van der Waals surface area contributed by atoms with Gasteiger partial charge in [-0.05, 0) is 54.7 Å². The molecule has 190 valence electrons. The quantitative estimate of drug-likeness (QED) is 0.357. The summed E-state index contributed by atoms with van der Waals surface area (Å²) in [5, 5.41) is 11.0. The number of hydrogen-bond acceptors (Lipinski definition) is 2. The van der Waals surface area contributed by atoms with Crippen molar-refractivity contribution in [1.29, 1.82) is 0 Å². The van der Waals surface area contributed by atoms with Gasteiger partial charge in [-0.15, -0.1) is 6.58 Å². The molecule has 2 aromatic carbocycles. The molecule has 1 aliphatic heterocycles. The van der Waals surface area contributed by atoms with Crippen LogP contribution in [0.1, 0.15) is 62.6 Å². The van der Waals surface area contributed by atoms with Crippen LogP contribution < -0.4 is 0 Å². The van der Waals surface area contributed by atoms with Crippen LogP contribution in [0.2, 0.25) is 10.0 Å². The summed E-state index contributed by atoms with van der Waals surface area (Å²) in [7, 11) is 0. The molecule has 3 nitrogen and oxygen atoms in total. The normalized spacial score (nSPS) is 24.8. The van der Waals surface area contributed by atoms with Gasteiger partial charge in [0.25, 0.3) is 0 Å². The largest absolute Gasteiger partial charge is 0.414 e. The molecule has 1 amide bonds. The van der Waals surface area contributed by atoms with Crippen molar-refractivity contribution < 1.29 is 23.1 Å². The van der Waals surface area contributed by atoms with Crippen molar-refractivity contribution in [3.8, 4) is 0 Å². The fraction of sp³-hybridized carbons (Fsp3) is 0.444. The van der Waals surface area contributed by atoms with Crippen LogP contribution in [0.15, 0.2) is 61.2 Å². The first-order valence-corrected chi connectivity index (χ1v) is 12.4. The van der Waals surface area contributed by atoms with Gasteiger partial charge in [0.2, 0.25) is 5.91 Å². The van der Waals surface area contributed by atoms with Crippen LogP contribution >= 0.6 is 23.2 Å². The number of aliphatic hydroxyl groups is 1. The monoisotopic (exact) mass is 527 g/mol. The Labute approximate surface area is 214 Å². The molecule has 2 aromatic rings. The summed E-state index contributed by atoms with van der Waals surface area (Å²) in [6, 6.07) is 12.9. The maximum atomic E-state index is 14.0. The van der Waals surface area contributed by atoms with Gasteiger partial charge >= 0.3 is 6.18 Å². The van der Waals surface area contributed by atoms with E-state index in [2.05, 4.69) is 6.58 Å². The molecule has 5 atom stereocenters. The van der Waals surface area contributed by atoms with Crippen molar-refractivity contribution in [2.24, 2.45) is 5.41 Å². The molecule has 0 spiro atoms.